The lowest BCUT2D eigenvalue weighted by Crippen LogP contribution is -2.41. The summed E-state index contributed by atoms with van der Waals surface area (Å²) in [6.45, 7) is 3.99. The molecule has 130 valence electrons. The second kappa shape index (κ2) is 6.97. The third kappa shape index (κ3) is 3.22. The van der Waals surface area contributed by atoms with Crippen LogP contribution >= 0.6 is 0 Å². The van der Waals surface area contributed by atoms with Crippen molar-refractivity contribution in [2.75, 3.05) is 10.0 Å². The highest BCUT2D eigenvalue weighted by Crippen LogP contribution is 2.34. The second-order valence-electron chi connectivity index (χ2n) is 6.35. The third-order valence-electron chi connectivity index (χ3n) is 4.40. The highest BCUT2D eigenvalue weighted by molar-refractivity contribution is 6.23. The number of aryl methyl sites for hydroxylation is 1. The third-order valence-corrected chi connectivity index (χ3v) is 4.40. The molecule has 1 heterocycles. The van der Waals surface area contributed by atoms with Gasteiger partial charge in [-0.2, -0.15) is 0 Å². The highest BCUT2D eigenvalue weighted by Gasteiger charge is 2.46. The first-order chi connectivity index (χ1) is 12.0. The minimum absolute atomic E-state index is 0.117. The standard InChI is InChI=1S/C20H22N2O3/c1-3-4-8-18-19(24)21(15-9-11-17(23)12-10-15)22(20(18)25)16-7-5-6-14(2)13-16/h5-7,9-13,18,23H,3-4,8H2,1-2H3. The van der Waals surface area contributed by atoms with Gasteiger partial charge in [0.25, 0.3) is 11.8 Å². The van der Waals surface area contributed by atoms with Crippen LogP contribution in [0.5, 0.6) is 5.75 Å². The molecule has 0 aromatic heterocycles. The van der Waals surface area contributed by atoms with Gasteiger partial charge in [-0.3, -0.25) is 9.59 Å². The quantitative estimate of drug-likeness (QED) is 0.844. The summed E-state index contributed by atoms with van der Waals surface area (Å²) in [5.74, 6) is -0.955. The van der Waals surface area contributed by atoms with Crippen LogP contribution in [0, 0.1) is 12.8 Å². The van der Waals surface area contributed by atoms with Crippen molar-refractivity contribution in [3.63, 3.8) is 0 Å². The predicted octanol–water partition coefficient (Wildman–Crippen LogP) is 3.80. The van der Waals surface area contributed by atoms with Crippen LogP contribution in [0.1, 0.15) is 31.7 Å². The lowest BCUT2D eigenvalue weighted by molar-refractivity contribution is -0.127. The molecule has 0 saturated carbocycles. The fourth-order valence-corrected chi connectivity index (χ4v) is 3.09. The summed E-state index contributed by atoms with van der Waals surface area (Å²) in [5, 5.41) is 12.4. The minimum Gasteiger partial charge on any atom is -0.508 e. The monoisotopic (exact) mass is 338 g/mol. The average molecular weight is 338 g/mol. The zero-order valence-corrected chi connectivity index (χ0v) is 14.5. The van der Waals surface area contributed by atoms with E-state index in [1.54, 1.807) is 12.1 Å². The van der Waals surface area contributed by atoms with Crippen LogP contribution < -0.4 is 10.0 Å². The number of benzene rings is 2. The number of hydrazine groups is 1. The molecule has 2 aromatic carbocycles. The molecule has 5 nitrogen and oxygen atoms in total. The van der Waals surface area contributed by atoms with Gasteiger partial charge < -0.3 is 5.11 Å². The Morgan fingerprint density at radius 2 is 1.60 bits per heavy atom. The lowest BCUT2D eigenvalue weighted by Gasteiger charge is -2.28. The van der Waals surface area contributed by atoms with E-state index >= 15 is 0 Å². The highest BCUT2D eigenvalue weighted by atomic mass is 16.3. The van der Waals surface area contributed by atoms with Crippen molar-refractivity contribution < 1.29 is 14.7 Å². The number of carbonyl (C=O) groups excluding carboxylic acids is 2. The molecular formula is C20H22N2O3. The minimum atomic E-state index is -0.658. The van der Waals surface area contributed by atoms with Crippen molar-refractivity contribution in [3.05, 3.63) is 54.1 Å². The van der Waals surface area contributed by atoms with E-state index in [9.17, 15) is 14.7 Å². The molecule has 0 aliphatic carbocycles. The molecular weight excluding hydrogens is 316 g/mol. The first-order valence-corrected chi connectivity index (χ1v) is 8.56. The van der Waals surface area contributed by atoms with Gasteiger partial charge in [0.2, 0.25) is 0 Å². The Bertz CT molecular complexity index is 786. The molecule has 1 aliphatic heterocycles. The van der Waals surface area contributed by atoms with Crippen molar-refractivity contribution in [2.45, 2.75) is 33.1 Å². The number of amides is 2. The largest absolute Gasteiger partial charge is 0.508 e. The van der Waals surface area contributed by atoms with Gasteiger partial charge in [-0.1, -0.05) is 31.9 Å². The van der Waals surface area contributed by atoms with Gasteiger partial charge in [-0.05, 0) is 55.3 Å². The van der Waals surface area contributed by atoms with Crippen LogP contribution in [-0.2, 0) is 9.59 Å². The molecule has 1 unspecified atom stereocenters. The van der Waals surface area contributed by atoms with E-state index in [2.05, 4.69) is 0 Å². The number of anilines is 2. The van der Waals surface area contributed by atoms with E-state index in [0.29, 0.717) is 17.8 Å². The molecule has 1 fully saturated rings. The number of hydrogen-bond acceptors (Lipinski definition) is 3. The van der Waals surface area contributed by atoms with Crippen LogP contribution in [0.15, 0.2) is 48.5 Å². The number of aromatic hydroxyl groups is 1. The van der Waals surface area contributed by atoms with Crippen LogP contribution in [0.2, 0.25) is 0 Å². The predicted molar refractivity (Wildman–Crippen MR) is 97.3 cm³/mol. The second-order valence-corrected chi connectivity index (χ2v) is 6.35. The van der Waals surface area contributed by atoms with Crippen molar-refractivity contribution >= 4 is 23.2 Å². The zero-order valence-electron chi connectivity index (χ0n) is 14.5. The van der Waals surface area contributed by atoms with Gasteiger partial charge >= 0.3 is 0 Å². The molecule has 1 saturated heterocycles. The number of nitrogens with zero attached hydrogens (tertiary/aromatic N) is 2. The molecule has 0 radical (unpaired) electrons. The topological polar surface area (TPSA) is 60.9 Å². The first kappa shape index (κ1) is 17.0. The number of phenols is 1. The number of hydrogen-bond donors (Lipinski definition) is 1. The molecule has 1 atom stereocenters. The van der Waals surface area contributed by atoms with E-state index < -0.39 is 5.92 Å². The Morgan fingerprint density at radius 1 is 0.960 bits per heavy atom. The Hall–Kier alpha value is -2.82. The van der Waals surface area contributed by atoms with E-state index in [-0.39, 0.29) is 17.6 Å². The summed E-state index contributed by atoms with van der Waals surface area (Å²) >= 11 is 0. The summed E-state index contributed by atoms with van der Waals surface area (Å²) in [5.41, 5.74) is 2.25. The maximum atomic E-state index is 13.0. The fourth-order valence-electron chi connectivity index (χ4n) is 3.09. The van der Waals surface area contributed by atoms with Gasteiger partial charge in [-0.15, -0.1) is 0 Å². The summed E-state index contributed by atoms with van der Waals surface area (Å²) in [6.07, 6.45) is 2.30. The SMILES string of the molecule is CCCCC1C(=O)N(c2ccc(O)cc2)N(c2cccc(C)c2)C1=O. The molecule has 2 amide bonds. The number of phenolic OH excluding ortho intramolecular Hbond substituents is 1. The van der Waals surface area contributed by atoms with Gasteiger partial charge in [-0.25, -0.2) is 10.0 Å². The molecule has 0 spiro atoms. The van der Waals surface area contributed by atoms with Gasteiger partial charge in [0.1, 0.15) is 11.7 Å². The Morgan fingerprint density at radius 3 is 2.20 bits per heavy atom. The molecule has 3 rings (SSSR count). The molecule has 25 heavy (non-hydrogen) atoms. The number of unbranched alkanes of at least 4 members (excludes halogenated alkanes) is 1. The Balaban J connectivity index is 2.05. The van der Waals surface area contributed by atoms with Crippen molar-refractivity contribution in [1.29, 1.82) is 0 Å². The lowest BCUT2D eigenvalue weighted by atomic mass is 10.0. The Kier molecular flexibility index (Phi) is 4.74. The maximum absolute atomic E-state index is 13.0. The van der Waals surface area contributed by atoms with Crippen LogP contribution in [-0.4, -0.2) is 16.9 Å². The summed E-state index contributed by atoms with van der Waals surface area (Å²) in [6, 6.07) is 13.9. The van der Waals surface area contributed by atoms with Crippen LogP contribution in [0.4, 0.5) is 11.4 Å². The van der Waals surface area contributed by atoms with E-state index in [0.717, 1.165) is 18.4 Å². The van der Waals surface area contributed by atoms with E-state index in [4.69, 9.17) is 0 Å². The molecule has 0 bridgehead atoms. The van der Waals surface area contributed by atoms with Crippen molar-refractivity contribution in [2.24, 2.45) is 5.92 Å². The molecule has 1 aliphatic rings. The van der Waals surface area contributed by atoms with Gasteiger partial charge in [0.05, 0.1) is 11.4 Å². The summed E-state index contributed by atoms with van der Waals surface area (Å²) in [4.78, 5) is 26.0. The zero-order chi connectivity index (χ0) is 18.0. The Labute approximate surface area is 147 Å². The van der Waals surface area contributed by atoms with Crippen LogP contribution in [0.25, 0.3) is 0 Å². The van der Waals surface area contributed by atoms with Gasteiger partial charge in [0, 0.05) is 0 Å². The average Bonchev–Trinajstić information content (AvgIpc) is 2.84. The first-order valence-electron chi connectivity index (χ1n) is 8.56. The van der Waals surface area contributed by atoms with Crippen molar-refractivity contribution in [3.8, 4) is 5.75 Å². The molecule has 1 N–H and O–H groups in total. The normalized spacial score (nSPS) is 17.4. The van der Waals surface area contributed by atoms with E-state index in [1.165, 1.54) is 22.2 Å². The maximum Gasteiger partial charge on any atom is 0.258 e. The fraction of sp³-hybridized carbons (Fsp3) is 0.300. The molecule has 5 heteroatoms. The number of rotatable bonds is 5. The van der Waals surface area contributed by atoms with E-state index in [1.807, 2.05) is 38.1 Å². The number of carbonyl (C=O) groups is 2. The summed E-state index contributed by atoms with van der Waals surface area (Å²) in [7, 11) is 0. The van der Waals surface area contributed by atoms with Crippen molar-refractivity contribution in [1.82, 2.24) is 0 Å². The molecule has 2 aromatic rings. The van der Waals surface area contributed by atoms with Crippen LogP contribution in [0.3, 0.4) is 0 Å². The smallest absolute Gasteiger partial charge is 0.258 e. The summed E-state index contributed by atoms with van der Waals surface area (Å²) < 4.78 is 0. The van der Waals surface area contributed by atoms with Gasteiger partial charge in [0.15, 0.2) is 0 Å².